The third kappa shape index (κ3) is 1.84. The number of carbonyl (C=O) groups excluding carboxylic acids is 2. The molecule has 0 saturated heterocycles. The van der Waals surface area contributed by atoms with Crippen LogP contribution in [0.3, 0.4) is 0 Å². The van der Waals surface area contributed by atoms with Crippen LogP contribution in [-0.2, 0) is 17.9 Å². The number of nitrogens with zero attached hydrogens (tertiary/aromatic N) is 4. The van der Waals surface area contributed by atoms with Crippen LogP contribution < -0.4 is 0 Å². The van der Waals surface area contributed by atoms with Crippen LogP contribution in [0.5, 0.6) is 0 Å². The quantitative estimate of drug-likeness (QED) is 0.486. The van der Waals surface area contributed by atoms with Gasteiger partial charge in [0, 0.05) is 28.3 Å². The molecular weight excluding hydrogens is 304 g/mol. The van der Waals surface area contributed by atoms with Gasteiger partial charge in [-0.15, -0.1) is 0 Å². The molecule has 0 unspecified atom stereocenters. The van der Waals surface area contributed by atoms with Gasteiger partial charge in [0.15, 0.2) is 5.76 Å². The summed E-state index contributed by atoms with van der Waals surface area (Å²) in [6.07, 6.45) is -1.02. The Hall–Kier alpha value is -2.61. The fourth-order valence-corrected chi connectivity index (χ4v) is 3.32. The molecule has 120 valence electrons. The monoisotopic (exact) mass is 318 g/mol. The molecular formula is C14H14N4O5. The van der Waals surface area contributed by atoms with Crippen molar-refractivity contribution in [1.82, 2.24) is 4.57 Å². The number of ether oxygens (including phenoxy) is 1. The number of aliphatic hydroxyl groups excluding tert-OH is 2. The standard InChI is InChI=1S/C14H14N4O5/c1-5-12(21)11-8(13(22)14(5)23-2)6(4-19)10-9(16-17-15)7(20)3-18(10)11/h7,9,19-20H,3-4H2,1-2H3/t7-,9+/m1/s1. The molecule has 1 aliphatic carbocycles. The predicted molar refractivity (Wildman–Crippen MR) is 76.6 cm³/mol. The molecule has 2 aliphatic rings. The van der Waals surface area contributed by atoms with Crippen LogP contribution in [-0.4, -0.2) is 39.6 Å². The second-order valence-electron chi connectivity index (χ2n) is 5.39. The zero-order chi connectivity index (χ0) is 16.9. The zero-order valence-electron chi connectivity index (χ0n) is 12.5. The largest absolute Gasteiger partial charge is 0.492 e. The molecule has 0 fully saturated rings. The fourth-order valence-electron chi connectivity index (χ4n) is 3.32. The first kappa shape index (κ1) is 15.3. The minimum atomic E-state index is -1.02. The number of carbonyl (C=O) groups is 2. The van der Waals surface area contributed by atoms with Gasteiger partial charge in [-0.05, 0) is 12.5 Å². The van der Waals surface area contributed by atoms with Crippen LogP contribution in [0.2, 0.25) is 0 Å². The molecule has 1 aromatic heterocycles. The highest BCUT2D eigenvalue weighted by atomic mass is 16.5. The van der Waals surface area contributed by atoms with E-state index in [-0.39, 0.29) is 34.7 Å². The molecule has 23 heavy (non-hydrogen) atoms. The lowest BCUT2D eigenvalue weighted by Crippen LogP contribution is -2.25. The maximum absolute atomic E-state index is 12.6. The number of azide groups is 1. The Morgan fingerprint density at radius 1 is 1.43 bits per heavy atom. The molecule has 0 amide bonds. The van der Waals surface area contributed by atoms with Crippen LogP contribution in [0, 0.1) is 0 Å². The number of hydrogen-bond donors (Lipinski definition) is 2. The molecule has 0 spiro atoms. The molecule has 9 heteroatoms. The van der Waals surface area contributed by atoms with E-state index < -0.39 is 30.3 Å². The number of Topliss-reactive ketones (excluding diaryl/α,β-unsaturated/α-hetero) is 2. The van der Waals surface area contributed by atoms with Gasteiger partial charge in [0.2, 0.25) is 11.6 Å². The molecule has 2 heterocycles. The normalized spacial score (nSPS) is 22.8. The van der Waals surface area contributed by atoms with E-state index in [4.69, 9.17) is 10.3 Å². The van der Waals surface area contributed by atoms with E-state index in [0.29, 0.717) is 5.69 Å². The van der Waals surface area contributed by atoms with Gasteiger partial charge in [0.1, 0.15) is 11.7 Å². The van der Waals surface area contributed by atoms with E-state index in [1.807, 2.05) is 0 Å². The smallest absolute Gasteiger partial charge is 0.230 e. The predicted octanol–water partition coefficient (Wildman–Crippen LogP) is 1.01. The van der Waals surface area contributed by atoms with Crippen LogP contribution >= 0.6 is 0 Å². The van der Waals surface area contributed by atoms with Crippen molar-refractivity contribution in [3.05, 3.63) is 44.3 Å². The lowest BCUT2D eigenvalue weighted by atomic mass is 9.90. The number of hydrogen-bond acceptors (Lipinski definition) is 6. The summed E-state index contributed by atoms with van der Waals surface area (Å²) in [7, 11) is 1.30. The Morgan fingerprint density at radius 2 is 2.13 bits per heavy atom. The number of rotatable bonds is 3. The van der Waals surface area contributed by atoms with Gasteiger partial charge in [0.25, 0.3) is 0 Å². The summed E-state index contributed by atoms with van der Waals surface area (Å²) in [5.41, 5.74) is 9.48. The molecule has 0 aromatic carbocycles. The molecule has 3 rings (SSSR count). The number of fused-ring (bicyclic) bond motifs is 3. The van der Waals surface area contributed by atoms with Crippen molar-refractivity contribution in [2.24, 2.45) is 5.11 Å². The molecule has 1 aromatic rings. The lowest BCUT2D eigenvalue weighted by molar-refractivity contribution is 0.0897. The minimum absolute atomic E-state index is 0.00989. The van der Waals surface area contributed by atoms with Crippen LogP contribution in [0.4, 0.5) is 0 Å². The fraction of sp³-hybridized carbons (Fsp3) is 0.429. The minimum Gasteiger partial charge on any atom is -0.492 e. The Balaban J connectivity index is 2.33. The average molecular weight is 318 g/mol. The highest BCUT2D eigenvalue weighted by Gasteiger charge is 2.44. The van der Waals surface area contributed by atoms with Gasteiger partial charge in [-0.25, -0.2) is 0 Å². The lowest BCUT2D eigenvalue weighted by Gasteiger charge is -2.18. The third-order valence-electron chi connectivity index (χ3n) is 4.29. The second kappa shape index (κ2) is 5.24. The summed E-state index contributed by atoms with van der Waals surface area (Å²) in [4.78, 5) is 27.9. The summed E-state index contributed by atoms with van der Waals surface area (Å²) in [5, 5.41) is 23.3. The van der Waals surface area contributed by atoms with Crippen LogP contribution in [0.1, 0.15) is 45.1 Å². The van der Waals surface area contributed by atoms with Gasteiger partial charge >= 0.3 is 0 Å². The van der Waals surface area contributed by atoms with Crippen LogP contribution in [0.25, 0.3) is 10.4 Å². The number of aliphatic hydroxyl groups is 2. The molecule has 0 saturated carbocycles. The van der Waals surface area contributed by atoms with Gasteiger partial charge in [-0.3, -0.25) is 9.59 Å². The van der Waals surface area contributed by atoms with Crippen molar-refractivity contribution in [3.63, 3.8) is 0 Å². The Labute approximate surface area is 130 Å². The van der Waals surface area contributed by atoms with Gasteiger partial charge in [-0.2, -0.15) is 0 Å². The SMILES string of the molecule is COC1=C(C)C(=O)c2c(c(CO)c3n2C[C@@H](O)[C@@H]3N=[N+]=[N-])C1=O. The van der Waals surface area contributed by atoms with E-state index in [1.165, 1.54) is 18.6 Å². The number of aromatic nitrogens is 1. The van der Waals surface area contributed by atoms with E-state index in [2.05, 4.69) is 10.0 Å². The summed E-state index contributed by atoms with van der Waals surface area (Å²) < 4.78 is 6.49. The first-order valence-corrected chi connectivity index (χ1v) is 6.90. The molecule has 1 aliphatic heterocycles. The number of allylic oxidation sites excluding steroid dienone is 2. The maximum Gasteiger partial charge on any atom is 0.230 e. The maximum atomic E-state index is 12.6. The van der Waals surface area contributed by atoms with Gasteiger partial charge in [-0.1, -0.05) is 5.11 Å². The Bertz CT molecular complexity index is 816. The van der Waals surface area contributed by atoms with E-state index in [9.17, 15) is 19.8 Å². The van der Waals surface area contributed by atoms with E-state index in [1.54, 1.807) is 0 Å². The number of methoxy groups -OCH3 is 1. The van der Waals surface area contributed by atoms with Crippen molar-refractivity contribution in [3.8, 4) is 0 Å². The second-order valence-corrected chi connectivity index (χ2v) is 5.39. The molecule has 2 atom stereocenters. The van der Waals surface area contributed by atoms with Crippen molar-refractivity contribution >= 4 is 11.6 Å². The van der Waals surface area contributed by atoms with Gasteiger partial charge in [0.05, 0.1) is 25.4 Å². The van der Waals surface area contributed by atoms with Crippen molar-refractivity contribution in [2.75, 3.05) is 7.11 Å². The highest BCUT2D eigenvalue weighted by molar-refractivity contribution is 6.26. The highest BCUT2D eigenvalue weighted by Crippen LogP contribution is 2.41. The molecule has 0 radical (unpaired) electrons. The average Bonchev–Trinajstić information content (AvgIpc) is 3.00. The van der Waals surface area contributed by atoms with Crippen molar-refractivity contribution in [2.45, 2.75) is 32.2 Å². The molecule has 0 bridgehead atoms. The van der Waals surface area contributed by atoms with Crippen LogP contribution in [0.15, 0.2) is 16.4 Å². The first-order valence-electron chi connectivity index (χ1n) is 6.90. The topological polar surface area (TPSA) is 138 Å². The van der Waals surface area contributed by atoms with E-state index in [0.717, 1.165) is 0 Å². The van der Waals surface area contributed by atoms with Crippen molar-refractivity contribution in [1.29, 1.82) is 0 Å². The zero-order valence-corrected chi connectivity index (χ0v) is 12.5. The summed E-state index contributed by atoms with van der Waals surface area (Å²) >= 11 is 0. The third-order valence-corrected chi connectivity index (χ3v) is 4.29. The van der Waals surface area contributed by atoms with E-state index >= 15 is 0 Å². The summed E-state index contributed by atoms with van der Waals surface area (Å²) in [6, 6.07) is -0.959. The van der Waals surface area contributed by atoms with Crippen molar-refractivity contribution < 1.29 is 24.5 Å². The molecule has 9 nitrogen and oxygen atoms in total. The number of ketones is 2. The van der Waals surface area contributed by atoms with Gasteiger partial charge < -0.3 is 19.5 Å². The summed E-state index contributed by atoms with van der Waals surface area (Å²) in [6.45, 7) is 0.969. The Morgan fingerprint density at radius 3 is 2.70 bits per heavy atom. The summed E-state index contributed by atoms with van der Waals surface area (Å²) in [5.74, 6) is -0.978. The Kier molecular flexibility index (Phi) is 3.48. The first-order chi connectivity index (χ1) is 11.0. The molecule has 2 N–H and O–H groups in total.